The predicted octanol–water partition coefficient (Wildman–Crippen LogP) is 2.80. The van der Waals surface area contributed by atoms with Crippen molar-refractivity contribution in [1.82, 2.24) is 5.32 Å². The molecule has 1 unspecified atom stereocenters. The average molecular weight is 366 g/mol. The lowest BCUT2D eigenvalue weighted by Crippen LogP contribution is -2.54. The van der Waals surface area contributed by atoms with E-state index in [2.05, 4.69) is 17.2 Å². The number of nitrogens with one attached hydrogen (secondary N) is 1. The first-order chi connectivity index (χ1) is 11.5. The van der Waals surface area contributed by atoms with E-state index in [4.69, 9.17) is 0 Å². The standard InChI is InChI=1S/C16H16F6N2O/c1-2-3-13-10-23-8-9-24(13)12-6-4-11(5-7-12)14(25,15(17,18)19)16(20,21)22/h4-7,13,23,25H,8-10H2,1H3. The molecular formula is C16H16F6N2O. The summed E-state index contributed by atoms with van der Waals surface area (Å²) in [5.41, 5.74) is -5.75. The highest BCUT2D eigenvalue weighted by Crippen LogP contribution is 2.50. The SMILES string of the molecule is CC#CC1CNCCN1c1ccc(C(O)(C(F)(F)F)C(F)(F)F)cc1. The highest BCUT2D eigenvalue weighted by Gasteiger charge is 2.71. The van der Waals surface area contributed by atoms with E-state index in [1.807, 2.05) is 0 Å². The van der Waals surface area contributed by atoms with Gasteiger partial charge >= 0.3 is 12.4 Å². The van der Waals surface area contributed by atoms with E-state index < -0.39 is 23.5 Å². The molecule has 0 bridgehead atoms. The van der Waals surface area contributed by atoms with Crippen LogP contribution in [0.25, 0.3) is 0 Å². The highest BCUT2D eigenvalue weighted by molar-refractivity contribution is 5.52. The lowest BCUT2D eigenvalue weighted by Gasteiger charge is -2.36. The molecule has 25 heavy (non-hydrogen) atoms. The number of hydrogen-bond acceptors (Lipinski definition) is 3. The minimum absolute atomic E-state index is 0.242. The predicted molar refractivity (Wildman–Crippen MR) is 79.9 cm³/mol. The molecule has 0 spiro atoms. The molecule has 2 rings (SSSR count). The summed E-state index contributed by atoms with van der Waals surface area (Å²) in [6, 6.07) is 3.32. The van der Waals surface area contributed by atoms with Crippen molar-refractivity contribution >= 4 is 5.69 Å². The lowest BCUT2D eigenvalue weighted by atomic mass is 9.92. The summed E-state index contributed by atoms with van der Waals surface area (Å²) in [5.74, 6) is 5.67. The van der Waals surface area contributed by atoms with Gasteiger partial charge in [-0.2, -0.15) is 26.3 Å². The number of anilines is 1. The summed E-state index contributed by atoms with van der Waals surface area (Å²) >= 11 is 0. The first kappa shape index (κ1) is 19.4. The second-order valence-electron chi connectivity index (χ2n) is 5.56. The van der Waals surface area contributed by atoms with E-state index in [0.29, 0.717) is 37.5 Å². The number of halogens is 6. The van der Waals surface area contributed by atoms with Crippen LogP contribution in [0.5, 0.6) is 0 Å². The van der Waals surface area contributed by atoms with Crippen LogP contribution in [0.2, 0.25) is 0 Å². The Kier molecular flexibility index (Phi) is 5.25. The normalized spacial score (nSPS) is 19.4. The second kappa shape index (κ2) is 6.77. The molecule has 1 aromatic carbocycles. The summed E-state index contributed by atoms with van der Waals surface area (Å²) in [4.78, 5) is 1.79. The van der Waals surface area contributed by atoms with Crippen molar-refractivity contribution in [3.8, 4) is 11.8 Å². The maximum absolute atomic E-state index is 12.9. The van der Waals surface area contributed by atoms with Crippen LogP contribution in [0.1, 0.15) is 12.5 Å². The van der Waals surface area contributed by atoms with Gasteiger partial charge in [-0.05, 0) is 19.1 Å². The third kappa shape index (κ3) is 3.55. The van der Waals surface area contributed by atoms with Gasteiger partial charge in [0.25, 0.3) is 5.60 Å². The van der Waals surface area contributed by atoms with Gasteiger partial charge in [-0.1, -0.05) is 18.1 Å². The fourth-order valence-electron chi connectivity index (χ4n) is 2.69. The lowest BCUT2D eigenvalue weighted by molar-refractivity contribution is -0.376. The van der Waals surface area contributed by atoms with Crippen molar-refractivity contribution in [3.63, 3.8) is 0 Å². The molecule has 1 aliphatic heterocycles. The highest BCUT2D eigenvalue weighted by atomic mass is 19.4. The fraction of sp³-hybridized carbons (Fsp3) is 0.500. The minimum Gasteiger partial charge on any atom is -0.369 e. The molecule has 9 heteroatoms. The summed E-state index contributed by atoms with van der Waals surface area (Å²) in [7, 11) is 0. The summed E-state index contributed by atoms with van der Waals surface area (Å²) in [6.45, 7) is 3.28. The van der Waals surface area contributed by atoms with Crippen LogP contribution in [-0.4, -0.2) is 43.1 Å². The van der Waals surface area contributed by atoms with Gasteiger partial charge in [0.05, 0.1) is 0 Å². The molecule has 3 nitrogen and oxygen atoms in total. The monoisotopic (exact) mass is 366 g/mol. The first-order valence-corrected chi connectivity index (χ1v) is 7.38. The molecule has 1 atom stereocenters. The number of alkyl halides is 6. The van der Waals surface area contributed by atoms with Gasteiger partial charge in [0.2, 0.25) is 0 Å². The molecule has 0 amide bonds. The Balaban J connectivity index is 2.39. The Hall–Kier alpha value is -1.92. The summed E-state index contributed by atoms with van der Waals surface area (Å²) in [6.07, 6.45) is -11.8. The third-order valence-electron chi connectivity index (χ3n) is 3.99. The number of benzene rings is 1. The number of rotatable bonds is 2. The fourth-order valence-corrected chi connectivity index (χ4v) is 2.69. The van der Waals surface area contributed by atoms with Crippen LogP contribution >= 0.6 is 0 Å². The van der Waals surface area contributed by atoms with Gasteiger partial charge in [-0.15, -0.1) is 5.92 Å². The van der Waals surface area contributed by atoms with Gasteiger partial charge in [-0.25, -0.2) is 0 Å². The largest absolute Gasteiger partial charge is 0.430 e. The van der Waals surface area contributed by atoms with Gasteiger partial charge in [0.15, 0.2) is 0 Å². The van der Waals surface area contributed by atoms with Gasteiger partial charge < -0.3 is 15.3 Å². The molecule has 0 aliphatic carbocycles. The topological polar surface area (TPSA) is 35.5 Å². The Morgan fingerprint density at radius 3 is 2.12 bits per heavy atom. The van der Waals surface area contributed by atoms with Gasteiger partial charge in [-0.3, -0.25) is 0 Å². The maximum atomic E-state index is 12.9. The van der Waals surface area contributed by atoms with Gasteiger partial charge in [0.1, 0.15) is 6.04 Å². The number of nitrogens with zero attached hydrogens (tertiary/aromatic N) is 1. The molecular weight excluding hydrogens is 350 g/mol. The molecule has 2 N–H and O–H groups in total. The molecule has 0 radical (unpaired) electrons. The van der Waals surface area contributed by atoms with Crippen molar-refractivity contribution in [2.45, 2.75) is 30.9 Å². The van der Waals surface area contributed by atoms with Crippen molar-refractivity contribution in [3.05, 3.63) is 29.8 Å². The third-order valence-corrected chi connectivity index (χ3v) is 3.99. The molecule has 1 heterocycles. The smallest absolute Gasteiger partial charge is 0.369 e. The zero-order chi connectivity index (χ0) is 18.9. The van der Waals surface area contributed by atoms with Crippen molar-refractivity contribution in [1.29, 1.82) is 0 Å². The Morgan fingerprint density at radius 2 is 1.64 bits per heavy atom. The minimum atomic E-state index is -5.89. The zero-order valence-electron chi connectivity index (χ0n) is 13.2. The quantitative estimate of drug-likeness (QED) is 0.624. The van der Waals surface area contributed by atoms with Crippen molar-refractivity contribution in [2.24, 2.45) is 0 Å². The van der Waals surface area contributed by atoms with E-state index >= 15 is 0 Å². The average Bonchev–Trinajstić information content (AvgIpc) is 2.53. The Morgan fingerprint density at radius 1 is 1.08 bits per heavy atom. The van der Waals surface area contributed by atoms with Gasteiger partial charge in [0, 0.05) is 30.9 Å². The Bertz CT molecular complexity index is 642. The molecule has 138 valence electrons. The molecule has 1 aliphatic rings. The molecule has 0 saturated carbocycles. The number of hydrogen-bond donors (Lipinski definition) is 2. The Labute approximate surface area is 140 Å². The first-order valence-electron chi connectivity index (χ1n) is 7.38. The van der Waals surface area contributed by atoms with Crippen molar-refractivity contribution < 1.29 is 31.4 Å². The van der Waals surface area contributed by atoms with Crippen molar-refractivity contribution in [2.75, 3.05) is 24.5 Å². The molecule has 1 fully saturated rings. The van der Waals surface area contributed by atoms with E-state index in [1.54, 1.807) is 11.8 Å². The zero-order valence-corrected chi connectivity index (χ0v) is 13.2. The van der Waals surface area contributed by atoms with Crippen LogP contribution in [-0.2, 0) is 5.60 Å². The molecule has 1 aromatic rings. The second-order valence-corrected chi connectivity index (χ2v) is 5.56. The van der Waals surface area contributed by atoms with E-state index in [1.165, 1.54) is 0 Å². The molecule has 1 saturated heterocycles. The van der Waals surface area contributed by atoms with E-state index in [9.17, 15) is 31.4 Å². The van der Waals surface area contributed by atoms with Crippen LogP contribution in [0.4, 0.5) is 32.0 Å². The maximum Gasteiger partial charge on any atom is 0.430 e. The van der Waals surface area contributed by atoms with Crippen LogP contribution in [0.3, 0.4) is 0 Å². The summed E-state index contributed by atoms with van der Waals surface area (Å²) < 4.78 is 77.4. The number of piperazine rings is 1. The number of aliphatic hydroxyl groups is 1. The molecule has 0 aromatic heterocycles. The van der Waals surface area contributed by atoms with E-state index in [0.717, 1.165) is 12.1 Å². The van der Waals surface area contributed by atoms with Crippen LogP contribution in [0.15, 0.2) is 24.3 Å². The van der Waals surface area contributed by atoms with Crippen LogP contribution in [0, 0.1) is 11.8 Å². The van der Waals surface area contributed by atoms with Crippen LogP contribution < -0.4 is 10.2 Å². The summed E-state index contributed by atoms with van der Waals surface area (Å²) in [5, 5.41) is 12.5. The van der Waals surface area contributed by atoms with E-state index in [-0.39, 0.29) is 6.04 Å².